The zero-order valence-electron chi connectivity index (χ0n) is 18.3. The fourth-order valence-corrected chi connectivity index (χ4v) is 4.08. The molecule has 0 bridgehead atoms. The predicted molar refractivity (Wildman–Crippen MR) is 125 cm³/mol. The topological polar surface area (TPSA) is 72.7 Å². The van der Waals surface area contributed by atoms with Gasteiger partial charge in [-0.2, -0.15) is 26.3 Å². The van der Waals surface area contributed by atoms with Gasteiger partial charge in [-0.1, -0.05) is 29.4 Å². The maximum Gasteiger partial charge on any atom is 0.416 e. The molecule has 1 N–H and O–H groups in total. The fraction of sp³-hybridized carbons (Fsp3) is 0.130. The highest BCUT2D eigenvalue weighted by Crippen LogP contribution is 2.37. The van der Waals surface area contributed by atoms with E-state index in [9.17, 15) is 31.1 Å². The van der Waals surface area contributed by atoms with Gasteiger partial charge in [-0.15, -0.1) is 10.2 Å². The summed E-state index contributed by atoms with van der Waals surface area (Å²) in [6, 6.07) is 12.6. The van der Waals surface area contributed by atoms with E-state index in [1.165, 1.54) is 0 Å². The normalized spacial score (nSPS) is 12.0. The van der Waals surface area contributed by atoms with Crippen molar-refractivity contribution >= 4 is 35.0 Å². The number of nitrogens with one attached hydrogen (secondary N) is 1. The highest BCUT2D eigenvalue weighted by molar-refractivity contribution is 7.99. The minimum Gasteiger partial charge on any atom is -0.325 e. The molecule has 0 atom stereocenters. The molecule has 4 aromatic rings. The summed E-state index contributed by atoms with van der Waals surface area (Å²) in [7, 11) is 0. The fourth-order valence-electron chi connectivity index (χ4n) is 3.20. The van der Waals surface area contributed by atoms with Gasteiger partial charge in [-0.3, -0.25) is 14.3 Å². The molecule has 2 heterocycles. The van der Waals surface area contributed by atoms with Crippen molar-refractivity contribution in [2.75, 3.05) is 11.1 Å². The Hall–Kier alpha value is -3.58. The molecule has 0 saturated carbocycles. The van der Waals surface area contributed by atoms with E-state index in [1.54, 1.807) is 53.2 Å². The average molecular weight is 558 g/mol. The first-order chi connectivity index (χ1) is 17.4. The molecule has 0 spiro atoms. The Morgan fingerprint density at radius 3 is 2.14 bits per heavy atom. The maximum atomic E-state index is 13.1. The van der Waals surface area contributed by atoms with Gasteiger partial charge in [-0.05, 0) is 54.6 Å². The number of halogens is 7. The molecule has 0 radical (unpaired) electrons. The van der Waals surface area contributed by atoms with Crippen molar-refractivity contribution in [3.05, 3.63) is 83.0 Å². The van der Waals surface area contributed by atoms with Crippen molar-refractivity contribution in [3.8, 4) is 17.2 Å². The number of aromatic nitrogens is 4. The Labute approximate surface area is 214 Å². The van der Waals surface area contributed by atoms with Crippen LogP contribution in [0.25, 0.3) is 17.2 Å². The lowest BCUT2D eigenvalue weighted by Crippen LogP contribution is -2.17. The Morgan fingerprint density at radius 1 is 0.919 bits per heavy atom. The van der Waals surface area contributed by atoms with E-state index in [-0.39, 0.29) is 17.0 Å². The van der Waals surface area contributed by atoms with Gasteiger partial charge in [0.05, 0.1) is 16.9 Å². The van der Waals surface area contributed by atoms with Gasteiger partial charge in [0.2, 0.25) is 5.91 Å². The van der Waals surface area contributed by atoms with E-state index in [4.69, 9.17) is 11.6 Å². The number of hydrogen-bond acceptors (Lipinski definition) is 5. The monoisotopic (exact) mass is 557 g/mol. The van der Waals surface area contributed by atoms with E-state index in [1.807, 2.05) is 0 Å². The maximum absolute atomic E-state index is 13.1. The van der Waals surface area contributed by atoms with E-state index in [0.29, 0.717) is 34.4 Å². The highest BCUT2D eigenvalue weighted by Gasteiger charge is 2.37. The zero-order chi connectivity index (χ0) is 26.8. The molecule has 4 rings (SSSR count). The standard InChI is InChI=1S/C23H14ClF6N5OS/c24-15-4-6-17(7-5-15)35-20(18-3-1-2-8-31-18)33-34-21(35)37-12-19(36)32-16-10-13(22(25,26)27)9-14(11-16)23(28,29)30/h1-11H,12H2,(H,32,36). The Morgan fingerprint density at radius 2 is 1.57 bits per heavy atom. The lowest BCUT2D eigenvalue weighted by molar-refractivity contribution is -0.143. The van der Waals surface area contributed by atoms with Crippen LogP contribution in [-0.4, -0.2) is 31.4 Å². The SMILES string of the molecule is O=C(CSc1nnc(-c2ccccn2)n1-c1ccc(Cl)cc1)Nc1cc(C(F)(F)F)cc(C(F)(F)F)c1. The molecule has 0 saturated heterocycles. The third-order valence-corrected chi connectivity index (χ3v) is 6.00. The number of alkyl halides is 6. The van der Waals surface area contributed by atoms with Crippen LogP contribution in [0.5, 0.6) is 0 Å². The molecule has 0 aliphatic carbocycles. The number of thioether (sulfide) groups is 1. The first kappa shape index (κ1) is 26.5. The molecule has 1 amide bonds. The molecule has 2 aromatic heterocycles. The van der Waals surface area contributed by atoms with Crippen molar-refractivity contribution in [3.63, 3.8) is 0 Å². The largest absolute Gasteiger partial charge is 0.416 e. The van der Waals surface area contributed by atoms with Gasteiger partial charge >= 0.3 is 12.4 Å². The van der Waals surface area contributed by atoms with Crippen molar-refractivity contribution in [1.29, 1.82) is 0 Å². The molecule has 6 nitrogen and oxygen atoms in total. The highest BCUT2D eigenvalue weighted by atomic mass is 35.5. The first-order valence-electron chi connectivity index (χ1n) is 10.3. The van der Waals surface area contributed by atoms with Gasteiger partial charge in [0.1, 0.15) is 5.69 Å². The van der Waals surface area contributed by atoms with Gasteiger partial charge in [0, 0.05) is 22.6 Å². The van der Waals surface area contributed by atoms with Gasteiger partial charge in [-0.25, -0.2) is 0 Å². The molecule has 192 valence electrons. The van der Waals surface area contributed by atoms with Crippen molar-refractivity contribution in [2.45, 2.75) is 17.5 Å². The molecule has 0 aliphatic heterocycles. The Balaban J connectivity index is 1.59. The Bertz CT molecular complexity index is 1380. The predicted octanol–water partition coefficient (Wildman–Crippen LogP) is 6.75. The lowest BCUT2D eigenvalue weighted by Gasteiger charge is -2.15. The summed E-state index contributed by atoms with van der Waals surface area (Å²) in [6.45, 7) is 0. The van der Waals surface area contributed by atoms with Crippen LogP contribution in [0.3, 0.4) is 0 Å². The van der Waals surface area contributed by atoms with E-state index >= 15 is 0 Å². The minimum atomic E-state index is -5.04. The van der Waals surface area contributed by atoms with Crippen molar-refractivity contribution < 1.29 is 31.1 Å². The smallest absolute Gasteiger partial charge is 0.325 e. The molecule has 37 heavy (non-hydrogen) atoms. The van der Waals surface area contributed by atoms with Crippen LogP contribution in [0, 0.1) is 0 Å². The second-order valence-corrected chi connectivity index (χ2v) is 8.84. The summed E-state index contributed by atoms with van der Waals surface area (Å²) in [6.07, 6.45) is -8.51. The van der Waals surface area contributed by atoms with Gasteiger partial charge in [0.25, 0.3) is 0 Å². The number of hydrogen-bond donors (Lipinski definition) is 1. The van der Waals surface area contributed by atoms with Crippen LogP contribution in [0.1, 0.15) is 11.1 Å². The number of amides is 1. The Kier molecular flexibility index (Phi) is 7.46. The van der Waals surface area contributed by atoms with Crippen LogP contribution < -0.4 is 5.32 Å². The zero-order valence-corrected chi connectivity index (χ0v) is 19.9. The molecular weight excluding hydrogens is 544 g/mol. The summed E-state index contributed by atoms with van der Waals surface area (Å²) >= 11 is 6.86. The van der Waals surface area contributed by atoms with Crippen molar-refractivity contribution in [1.82, 2.24) is 19.7 Å². The van der Waals surface area contributed by atoms with Crippen LogP contribution in [0.4, 0.5) is 32.0 Å². The summed E-state index contributed by atoms with van der Waals surface area (Å²) in [5.74, 6) is -0.882. The number of benzene rings is 2. The third kappa shape index (κ3) is 6.41. The number of pyridine rings is 1. The van der Waals surface area contributed by atoms with Crippen molar-refractivity contribution in [2.24, 2.45) is 0 Å². The summed E-state index contributed by atoms with van der Waals surface area (Å²) < 4.78 is 80.2. The van der Waals surface area contributed by atoms with Crippen LogP contribution in [0.15, 0.2) is 72.0 Å². The number of carbonyl (C=O) groups excluding carboxylic acids is 1. The van der Waals surface area contributed by atoms with Crippen LogP contribution in [0.2, 0.25) is 5.02 Å². The number of anilines is 1. The summed E-state index contributed by atoms with van der Waals surface area (Å²) in [4.78, 5) is 16.7. The molecule has 2 aromatic carbocycles. The quantitative estimate of drug-likeness (QED) is 0.210. The second-order valence-electron chi connectivity index (χ2n) is 7.46. The number of rotatable bonds is 6. The lowest BCUT2D eigenvalue weighted by atomic mass is 10.1. The second kappa shape index (κ2) is 10.4. The van der Waals surface area contributed by atoms with E-state index in [0.717, 1.165) is 11.8 Å². The molecule has 0 aliphatic rings. The summed E-state index contributed by atoms with van der Waals surface area (Å²) in [5, 5.41) is 11.0. The van der Waals surface area contributed by atoms with Crippen LogP contribution in [-0.2, 0) is 17.1 Å². The first-order valence-corrected chi connectivity index (χ1v) is 11.6. The third-order valence-electron chi connectivity index (χ3n) is 4.82. The van der Waals surface area contributed by atoms with Gasteiger partial charge in [0.15, 0.2) is 11.0 Å². The van der Waals surface area contributed by atoms with E-state index in [2.05, 4.69) is 20.5 Å². The summed E-state index contributed by atoms with van der Waals surface area (Å²) in [5.41, 5.74) is -2.64. The van der Waals surface area contributed by atoms with E-state index < -0.39 is 35.1 Å². The number of nitrogens with zero attached hydrogens (tertiary/aromatic N) is 4. The minimum absolute atomic E-state index is 0.0157. The molecule has 0 fully saturated rings. The van der Waals surface area contributed by atoms with Crippen LogP contribution >= 0.6 is 23.4 Å². The molecular formula is C23H14ClF6N5OS. The van der Waals surface area contributed by atoms with Gasteiger partial charge < -0.3 is 5.32 Å². The number of carbonyl (C=O) groups is 1. The molecule has 14 heteroatoms. The molecule has 0 unspecified atom stereocenters. The average Bonchev–Trinajstić information content (AvgIpc) is 3.26.